The molecule has 122 valence electrons. The van der Waals surface area contributed by atoms with E-state index >= 15 is 0 Å². The van der Waals surface area contributed by atoms with Gasteiger partial charge in [-0.15, -0.1) is 0 Å². The molecule has 0 saturated carbocycles. The summed E-state index contributed by atoms with van der Waals surface area (Å²) in [6, 6.07) is 12.8. The van der Waals surface area contributed by atoms with Gasteiger partial charge in [-0.3, -0.25) is 0 Å². The number of anilines is 1. The third-order valence-electron chi connectivity index (χ3n) is 3.60. The van der Waals surface area contributed by atoms with E-state index in [4.69, 9.17) is 16.3 Å². The molecule has 0 unspecified atom stereocenters. The molecule has 0 spiro atoms. The predicted octanol–water partition coefficient (Wildman–Crippen LogP) is 4.16. The Balaban J connectivity index is 2.04. The lowest BCUT2D eigenvalue weighted by Gasteiger charge is -2.29. The number of hydrogen-bond acceptors (Lipinski definition) is 2. The molecule has 0 heterocycles. The van der Waals surface area contributed by atoms with Gasteiger partial charge in [-0.1, -0.05) is 41.9 Å². The van der Waals surface area contributed by atoms with Crippen LogP contribution in [0, 0.1) is 5.82 Å². The van der Waals surface area contributed by atoms with E-state index in [1.54, 1.807) is 49.4 Å². The quantitative estimate of drug-likeness (QED) is 0.861. The topological polar surface area (TPSA) is 50.4 Å². The van der Waals surface area contributed by atoms with Crippen molar-refractivity contribution in [2.75, 3.05) is 19.0 Å². The van der Waals surface area contributed by atoms with Crippen LogP contribution in [0.5, 0.6) is 0 Å². The van der Waals surface area contributed by atoms with Crippen molar-refractivity contribution in [3.63, 3.8) is 0 Å². The van der Waals surface area contributed by atoms with E-state index in [9.17, 15) is 9.18 Å². The Hall–Kier alpha value is -2.11. The monoisotopic (exact) mass is 336 g/mol. The lowest BCUT2D eigenvalue weighted by molar-refractivity contribution is 0.00235. The molecule has 2 N–H and O–H groups in total. The second-order valence-electron chi connectivity index (χ2n) is 5.20. The van der Waals surface area contributed by atoms with Gasteiger partial charge in [-0.25, -0.2) is 9.18 Å². The first-order chi connectivity index (χ1) is 11.0. The fraction of sp³-hybridized carbons (Fsp3) is 0.235. The molecule has 2 aromatic carbocycles. The third kappa shape index (κ3) is 4.21. The first kappa shape index (κ1) is 17.2. The van der Waals surface area contributed by atoms with Gasteiger partial charge in [0.2, 0.25) is 0 Å². The zero-order chi connectivity index (χ0) is 16.9. The van der Waals surface area contributed by atoms with Gasteiger partial charge in [0.15, 0.2) is 0 Å². The standard InChI is InChI=1S/C17H18ClFN2O2/c1-17(23-2,12-7-3-5-9-14(12)19)11-20-16(22)21-15-10-6-4-8-13(15)18/h3-10H,11H2,1-2H3,(H2,20,21,22)/t17-/m0/s1. The Bertz CT molecular complexity index is 696. The molecule has 23 heavy (non-hydrogen) atoms. The van der Waals surface area contributed by atoms with E-state index in [1.165, 1.54) is 13.2 Å². The Morgan fingerprint density at radius 3 is 2.52 bits per heavy atom. The third-order valence-corrected chi connectivity index (χ3v) is 3.93. The number of nitrogens with one attached hydrogen (secondary N) is 2. The van der Waals surface area contributed by atoms with Crippen LogP contribution >= 0.6 is 11.6 Å². The molecular weight excluding hydrogens is 319 g/mol. The molecule has 0 fully saturated rings. The molecule has 1 atom stereocenters. The molecule has 0 saturated heterocycles. The maximum absolute atomic E-state index is 14.0. The Kier molecular flexibility index (Phi) is 5.58. The van der Waals surface area contributed by atoms with Gasteiger partial charge < -0.3 is 15.4 Å². The highest BCUT2D eigenvalue weighted by Crippen LogP contribution is 2.26. The number of carbonyl (C=O) groups is 1. The van der Waals surface area contributed by atoms with Crippen molar-refractivity contribution in [2.24, 2.45) is 0 Å². The number of urea groups is 1. The van der Waals surface area contributed by atoms with Crippen LogP contribution in [0.3, 0.4) is 0 Å². The van der Waals surface area contributed by atoms with E-state index in [0.29, 0.717) is 16.3 Å². The fourth-order valence-electron chi connectivity index (χ4n) is 2.15. The van der Waals surface area contributed by atoms with Gasteiger partial charge in [0.1, 0.15) is 11.4 Å². The molecule has 0 bridgehead atoms. The van der Waals surface area contributed by atoms with Gasteiger partial charge in [-0.2, -0.15) is 0 Å². The molecule has 0 radical (unpaired) electrons. The molecule has 0 aliphatic heterocycles. The van der Waals surface area contributed by atoms with Crippen molar-refractivity contribution in [2.45, 2.75) is 12.5 Å². The molecule has 2 rings (SSSR count). The van der Waals surface area contributed by atoms with Crippen LogP contribution in [-0.4, -0.2) is 19.7 Å². The van der Waals surface area contributed by atoms with E-state index < -0.39 is 11.6 Å². The van der Waals surface area contributed by atoms with Crippen LogP contribution in [0.2, 0.25) is 5.02 Å². The summed E-state index contributed by atoms with van der Waals surface area (Å²) in [4.78, 5) is 12.0. The van der Waals surface area contributed by atoms with Gasteiger partial charge in [-0.05, 0) is 25.1 Å². The SMILES string of the molecule is CO[C@@](C)(CNC(=O)Nc1ccccc1Cl)c1ccccc1F. The normalized spacial score (nSPS) is 13.2. The predicted molar refractivity (Wildman–Crippen MR) is 89.2 cm³/mol. The summed E-state index contributed by atoms with van der Waals surface area (Å²) in [7, 11) is 1.47. The fourth-order valence-corrected chi connectivity index (χ4v) is 2.33. The second-order valence-corrected chi connectivity index (χ2v) is 5.61. The number of rotatable bonds is 5. The number of ether oxygens (including phenoxy) is 1. The van der Waals surface area contributed by atoms with Crippen molar-refractivity contribution in [3.05, 3.63) is 64.9 Å². The molecule has 4 nitrogen and oxygen atoms in total. The average Bonchev–Trinajstić information content (AvgIpc) is 2.55. The molecule has 0 aliphatic rings. The highest BCUT2D eigenvalue weighted by molar-refractivity contribution is 6.33. The van der Waals surface area contributed by atoms with Gasteiger partial charge >= 0.3 is 6.03 Å². The molecule has 2 amide bonds. The summed E-state index contributed by atoms with van der Waals surface area (Å²) in [5.74, 6) is -0.384. The first-order valence-electron chi connectivity index (χ1n) is 7.06. The maximum atomic E-state index is 14.0. The molecule has 6 heteroatoms. The largest absolute Gasteiger partial charge is 0.372 e. The van der Waals surface area contributed by atoms with Crippen LogP contribution in [0.1, 0.15) is 12.5 Å². The Labute approximate surface area is 139 Å². The van der Waals surface area contributed by atoms with Crippen LogP contribution < -0.4 is 10.6 Å². The van der Waals surface area contributed by atoms with Gasteiger partial charge in [0.05, 0.1) is 17.3 Å². The highest BCUT2D eigenvalue weighted by Gasteiger charge is 2.29. The highest BCUT2D eigenvalue weighted by atomic mass is 35.5. The van der Waals surface area contributed by atoms with E-state index in [0.717, 1.165) is 0 Å². The number of carbonyl (C=O) groups excluding carboxylic acids is 1. The van der Waals surface area contributed by atoms with Gasteiger partial charge in [0, 0.05) is 12.7 Å². The van der Waals surface area contributed by atoms with Crippen molar-refractivity contribution in [1.29, 1.82) is 0 Å². The van der Waals surface area contributed by atoms with E-state index in [-0.39, 0.29) is 12.4 Å². The lowest BCUT2D eigenvalue weighted by Crippen LogP contribution is -2.42. The zero-order valence-corrected chi connectivity index (χ0v) is 13.7. The number of methoxy groups -OCH3 is 1. The molecule has 0 aliphatic carbocycles. The van der Waals surface area contributed by atoms with Crippen molar-refractivity contribution < 1.29 is 13.9 Å². The summed E-state index contributed by atoms with van der Waals surface area (Å²) in [6.45, 7) is 1.81. The minimum atomic E-state index is -0.983. The number of hydrogen-bond donors (Lipinski definition) is 2. The minimum Gasteiger partial charge on any atom is -0.372 e. The zero-order valence-electron chi connectivity index (χ0n) is 12.9. The molecule has 0 aromatic heterocycles. The Morgan fingerprint density at radius 2 is 1.87 bits per heavy atom. The minimum absolute atomic E-state index is 0.0979. The van der Waals surface area contributed by atoms with Crippen LogP contribution in [0.15, 0.2) is 48.5 Å². The van der Waals surface area contributed by atoms with Crippen LogP contribution in [0.25, 0.3) is 0 Å². The summed E-state index contributed by atoms with van der Waals surface area (Å²) in [6.07, 6.45) is 0. The summed E-state index contributed by atoms with van der Waals surface area (Å²) < 4.78 is 19.4. The molecule has 2 aromatic rings. The maximum Gasteiger partial charge on any atom is 0.319 e. The average molecular weight is 337 g/mol. The second kappa shape index (κ2) is 7.44. The van der Waals surface area contributed by atoms with Crippen molar-refractivity contribution in [3.8, 4) is 0 Å². The van der Waals surface area contributed by atoms with Crippen molar-refractivity contribution in [1.82, 2.24) is 5.32 Å². The summed E-state index contributed by atoms with van der Waals surface area (Å²) in [5, 5.41) is 5.75. The summed E-state index contributed by atoms with van der Waals surface area (Å²) in [5.41, 5.74) is -0.111. The van der Waals surface area contributed by atoms with E-state index in [2.05, 4.69) is 10.6 Å². The van der Waals surface area contributed by atoms with Crippen LogP contribution in [0.4, 0.5) is 14.9 Å². The number of benzene rings is 2. The smallest absolute Gasteiger partial charge is 0.319 e. The van der Waals surface area contributed by atoms with E-state index in [1.807, 2.05) is 0 Å². The Morgan fingerprint density at radius 1 is 1.22 bits per heavy atom. The molecular formula is C17H18ClFN2O2. The number of amides is 2. The van der Waals surface area contributed by atoms with Crippen molar-refractivity contribution >= 4 is 23.3 Å². The van der Waals surface area contributed by atoms with Crippen LogP contribution in [-0.2, 0) is 10.3 Å². The number of para-hydroxylation sites is 1. The van der Waals surface area contributed by atoms with Gasteiger partial charge in [0.25, 0.3) is 0 Å². The number of halogens is 2. The first-order valence-corrected chi connectivity index (χ1v) is 7.43. The lowest BCUT2D eigenvalue weighted by atomic mass is 9.95. The summed E-state index contributed by atoms with van der Waals surface area (Å²) >= 11 is 5.99.